The number of rotatable bonds is 5. The summed E-state index contributed by atoms with van der Waals surface area (Å²) in [5, 5.41) is 0. The molecule has 1 atom stereocenters. The Kier molecular flexibility index (Phi) is 6.65. The number of amides is 3. The van der Waals surface area contributed by atoms with Crippen molar-refractivity contribution in [3.8, 4) is 11.5 Å². The molecule has 5 rings (SSSR count). The Bertz CT molecular complexity index is 1460. The maximum Gasteiger partial charge on any atom is 0.261 e. The van der Waals surface area contributed by atoms with Gasteiger partial charge in [-0.1, -0.05) is 65.8 Å². The van der Waals surface area contributed by atoms with Gasteiger partial charge >= 0.3 is 0 Å². The average molecular weight is 572 g/mol. The van der Waals surface area contributed by atoms with E-state index in [1.165, 1.54) is 4.90 Å². The number of nitrogens with zero attached hydrogens (tertiary/aromatic N) is 2. The minimum absolute atomic E-state index is 0.0845. The van der Waals surface area contributed by atoms with Gasteiger partial charge in [0.2, 0.25) is 0 Å². The zero-order valence-electron chi connectivity index (χ0n) is 21.0. The Morgan fingerprint density at radius 1 is 0.865 bits per heavy atom. The van der Waals surface area contributed by atoms with Crippen molar-refractivity contribution < 1.29 is 14.4 Å². The molecule has 0 N–H and O–H groups in total. The maximum absolute atomic E-state index is 13.5. The monoisotopic (exact) mass is 570 g/mol. The Labute approximate surface area is 226 Å². The second-order valence-electron chi connectivity index (χ2n) is 10.6. The summed E-state index contributed by atoms with van der Waals surface area (Å²) in [7, 11) is -1.53. The highest BCUT2D eigenvalue weighted by atomic mass is 79.9. The molecule has 0 radical (unpaired) electrons. The zero-order chi connectivity index (χ0) is 26.3. The van der Waals surface area contributed by atoms with Gasteiger partial charge in [0.25, 0.3) is 17.7 Å². The molecule has 0 bridgehead atoms. The number of halogens is 1. The fourth-order valence-corrected chi connectivity index (χ4v) is 5.73. The van der Waals surface area contributed by atoms with E-state index >= 15 is 0 Å². The van der Waals surface area contributed by atoms with E-state index in [2.05, 4.69) is 47.0 Å². The quantitative estimate of drug-likeness (QED) is 0.230. The highest BCUT2D eigenvalue weighted by Gasteiger charge is 2.40. The Morgan fingerprint density at radius 2 is 1.57 bits per heavy atom. The molecule has 2 aliphatic rings. The number of hydrogen-bond acceptors (Lipinski definition) is 3. The Balaban J connectivity index is 1.47. The van der Waals surface area contributed by atoms with Crippen LogP contribution in [0.4, 0.5) is 0 Å². The van der Waals surface area contributed by atoms with Crippen LogP contribution in [-0.4, -0.2) is 48.2 Å². The second-order valence-corrected chi connectivity index (χ2v) is 16.2. The second kappa shape index (κ2) is 9.77. The van der Waals surface area contributed by atoms with E-state index in [4.69, 9.17) is 0 Å². The molecule has 0 saturated heterocycles. The van der Waals surface area contributed by atoms with Gasteiger partial charge in [0.1, 0.15) is 8.07 Å². The fraction of sp³-hybridized carbons (Fsp3) is 0.233. The highest BCUT2D eigenvalue weighted by molar-refractivity contribution is 9.10. The average Bonchev–Trinajstić information content (AvgIpc) is 3.31. The summed E-state index contributed by atoms with van der Waals surface area (Å²) in [6.45, 7) is 7.17. The molecular formula is C30H27BrN2O3Si. The number of hydrogen-bond donors (Lipinski definition) is 0. The van der Waals surface area contributed by atoms with Gasteiger partial charge in [-0.2, -0.15) is 0 Å². The van der Waals surface area contributed by atoms with Crippen LogP contribution in [0.3, 0.4) is 0 Å². The van der Waals surface area contributed by atoms with Gasteiger partial charge in [0, 0.05) is 22.1 Å². The molecule has 37 heavy (non-hydrogen) atoms. The van der Waals surface area contributed by atoms with Crippen molar-refractivity contribution >= 4 is 41.7 Å². The van der Waals surface area contributed by atoms with Crippen molar-refractivity contribution in [1.82, 2.24) is 9.80 Å². The van der Waals surface area contributed by atoms with E-state index in [1.807, 2.05) is 42.5 Å². The predicted octanol–water partition coefficient (Wildman–Crippen LogP) is 5.54. The van der Waals surface area contributed by atoms with Gasteiger partial charge in [0.05, 0.1) is 23.7 Å². The first kappa shape index (κ1) is 25.2. The van der Waals surface area contributed by atoms with Crippen LogP contribution in [0, 0.1) is 11.5 Å². The lowest BCUT2D eigenvalue weighted by molar-refractivity contribution is 0.0528. The van der Waals surface area contributed by atoms with Gasteiger partial charge in [-0.3, -0.25) is 19.3 Å². The molecule has 0 saturated carbocycles. The fourth-order valence-electron chi connectivity index (χ4n) is 4.80. The molecule has 1 unspecified atom stereocenters. The number of carbonyl (C=O) groups is 3. The van der Waals surface area contributed by atoms with E-state index in [9.17, 15) is 14.4 Å². The molecule has 2 heterocycles. The zero-order valence-corrected chi connectivity index (χ0v) is 23.6. The summed E-state index contributed by atoms with van der Waals surface area (Å²) in [5.41, 5.74) is 7.75. The molecule has 3 aromatic rings. The predicted molar refractivity (Wildman–Crippen MR) is 150 cm³/mol. The molecule has 0 aliphatic carbocycles. The van der Waals surface area contributed by atoms with Crippen molar-refractivity contribution in [2.24, 2.45) is 0 Å². The summed E-state index contributed by atoms with van der Waals surface area (Å²) in [5.74, 6) is 2.59. The lowest BCUT2D eigenvalue weighted by Gasteiger charge is -2.31. The normalized spacial score (nSPS) is 15.4. The minimum atomic E-state index is -1.53. The van der Waals surface area contributed by atoms with Crippen LogP contribution >= 0.6 is 15.9 Å². The highest BCUT2D eigenvalue weighted by Crippen LogP contribution is 2.30. The van der Waals surface area contributed by atoms with Gasteiger partial charge in [-0.05, 0) is 60.0 Å². The van der Waals surface area contributed by atoms with Gasteiger partial charge in [-0.25, -0.2) is 0 Å². The first-order valence-electron chi connectivity index (χ1n) is 12.3. The molecule has 0 spiro atoms. The van der Waals surface area contributed by atoms with Gasteiger partial charge in [0.15, 0.2) is 0 Å². The molecular weight excluding hydrogens is 544 g/mol. The van der Waals surface area contributed by atoms with Gasteiger partial charge in [-0.15, -0.1) is 5.54 Å². The summed E-state index contributed by atoms with van der Waals surface area (Å²) in [6, 6.07) is 20.2. The van der Waals surface area contributed by atoms with Crippen LogP contribution in [0.2, 0.25) is 19.6 Å². The first-order chi connectivity index (χ1) is 17.6. The van der Waals surface area contributed by atoms with E-state index in [1.54, 1.807) is 29.2 Å². The van der Waals surface area contributed by atoms with Crippen LogP contribution in [0.25, 0.3) is 0 Å². The van der Waals surface area contributed by atoms with E-state index in [-0.39, 0.29) is 30.3 Å². The third-order valence-electron chi connectivity index (χ3n) is 6.59. The maximum atomic E-state index is 13.5. The molecule has 0 fully saturated rings. The third kappa shape index (κ3) is 5.18. The van der Waals surface area contributed by atoms with E-state index in [0.29, 0.717) is 29.7 Å². The van der Waals surface area contributed by atoms with E-state index < -0.39 is 8.07 Å². The van der Waals surface area contributed by atoms with Crippen molar-refractivity contribution in [3.05, 3.63) is 105 Å². The molecule has 5 nitrogen and oxygen atoms in total. The third-order valence-corrected chi connectivity index (χ3v) is 7.96. The largest absolute Gasteiger partial charge is 0.329 e. The molecule has 2 aliphatic heterocycles. The van der Waals surface area contributed by atoms with Crippen LogP contribution in [-0.2, 0) is 13.0 Å². The van der Waals surface area contributed by atoms with Crippen molar-refractivity contribution in [2.75, 3.05) is 6.54 Å². The Hall–Kier alpha value is -3.47. The minimum Gasteiger partial charge on any atom is -0.329 e. The summed E-state index contributed by atoms with van der Waals surface area (Å²) in [6.07, 6.45) is 0.497. The van der Waals surface area contributed by atoms with Crippen LogP contribution in [0.5, 0.6) is 0 Å². The number of benzene rings is 3. The Morgan fingerprint density at radius 3 is 2.24 bits per heavy atom. The van der Waals surface area contributed by atoms with Crippen molar-refractivity contribution in [1.29, 1.82) is 0 Å². The number of fused-ring (bicyclic) bond motifs is 2. The SMILES string of the molecule is C[Si](C)(C)C#Cc1cccc(CC(CN2C(=O)c3ccccc3C2=O)N2Cc3cc(Br)ccc3C2=O)c1. The molecule has 3 aromatic carbocycles. The summed E-state index contributed by atoms with van der Waals surface area (Å²) >= 11 is 3.50. The van der Waals surface area contributed by atoms with Crippen LogP contribution in [0.1, 0.15) is 47.8 Å². The van der Waals surface area contributed by atoms with Gasteiger partial charge < -0.3 is 4.90 Å². The van der Waals surface area contributed by atoms with Crippen LogP contribution < -0.4 is 0 Å². The standard InChI is InChI=1S/C30H27BrN2O3Si/c1-37(2,3)14-13-20-7-6-8-21(15-20)16-24(32-18-22-17-23(31)11-12-25(22)28(32)34)19-33-29(35)26-9-4-5-10-27(26)30(33)36/h4-12,15,17,24H,16,18-19H2,1-3H3. The van der Waals surface area contributed by atoms with E-state index in [0.717, 1.165) is 21.2 Å². The summed E-state index contributed by atoms with van der Waals surface area (Å²) in [4.78, 5) is 42.9. The van der Waals surface area contributed by atoms with Crippen LogP contribution in [0.15, 0.2) is 71.2 Å². The lowest BCUT2D eigenvalue weighted by atomic mass is 10.0. The molecule has 3 amide bonds. The van der Waals surface area contributed by atoms with Crippen molar-refractivity contribution in [3.63, 3.8) is 0 Å². The number of imide groups is 1. The van der Waals surface area contributed by atoms with Crippen molar-refractivity contribution in [2.45, 2.75) is 38.6 Å². The molecule has 186 valence electrons. The number of carbonyl (C=O) groups excluding carboxylic acids is 3. The topological polar surface area (TPSA) is 57.7 Å². The molecule has 0 aromatic heterocycles. The molecule has 7 heteroatoms. The lowest BCUT2D eigenvalue weighted by Crippen LogP contribution is -2.47. The first-order valence-corrected chi connectivity index (χ1v) is 16.6. The smallest absolute Gasteiger partial charge is 0.261 e. The summed E-state index contributed by atoms with van der Waals surface area (Å²) < 4.78 is 0.909.